The summed E-state index contributed by atoms with van der Waals surface area (Å²) in [5.74, 6) is 0. The molecule has 188 valence electrons. The van der Waals surface area contributed by atoms with E-state index in [1.807, 2.05) is 0 Å². The van der Waals surface area contributed by atoms with E-state index in [9.17, 15) is 0 Å². The van der Waals surface area contributed by atoms with Crippen molar-refractivity contribution in [2.24, 2.45) is 0 Å². The van der Waals surface area contributed by atoms with E-state index in [2.05, 4.69) is 134 Å². The molecular weight excluding hydrogens is 486 g/mol. The van der Waals surface area contributed by atoms with Crippen LogP contribution < -0.4 is 0 Å². The van der Waals surface area contributed by atoms with Crippen molar-refractivity contribution in [3.63, 3.8) is 0 Å². The van der Waals surface area contributed by atoms with Gasteiger partial charge < -0.3 is 0 Å². The molecule has 0 N–H and O–H groups in total. The molecule has 8 aromatic rings. The highest BCUT2D eigenvalue weighted by molar-refractivity contribution is 6.15. The first-order chi connectivity index (χ1) is 19.6. The molecule has 0 spiro atoms. The summed E-state index contributed by atoms with van der Waals surface area (Å²) in [6.07, 6.45) is 0. The first kappa shape index (κ1) is 21.9. The van der Waals surface area contributed by atoms with Crippen LogP contribution >= 0.6 is 0 Å². The van der Waals surface area contributed by atoms with Crippen LogP contribution in [0.4, 0.5) is 0 Å². The summed E-state index contributed by atoms with van der Waals surface area (Å²) >= 11 is 0. The number of hydrogen-bond donors (Lipinski definition) is 0. The van der Waals surface area contributed by atoms with E-state index >= 15 is 0 Å². The molecule has 0 atom stereocenters. The number of benzene rings is 5. The molecule has 0 unspecified atom stereocenters. The topological polar surface area (TPSA) is 30.2 Å². The Kier molecular flexibility index (Phi) is 4.13. The van der Waals surface area contributed by atoms with Crippen LogP contribution in [0.25, 0.3) is 71.6 Å². The Morgan fingerprint density at radius 3 is 2.20 bits per heavy atom. The van der Waals surface area contributed by atoms with Gasteiger partial charge >= 0.3 is 0 Å². The van der Waals surface area contributed by atoms with Gasteiger partial charge in [-0.2, -0.15) is 0 Å². The second-order valence-electron chi connectivity index (χ2n) is 11.5. The van der Waals surface area contributed by atoms with Crippen molar-refractivity contribution in [1.29, 1.82) is 0 Å². The summed E-state index contributed by atoms with van der Waals surface area (Å²) in [5.41, 5.74) is 14.0. The Morgan fingerprint density at radius 1 is 0.550 bits per heavy atom. The summed E-state index contributed by atoms with van der Waals surface area (Å²) in [4.78, 5) is 10.3. The molecule has 1 aliphatic rings. The summed E-state index contributed by atoms with van der Waals surface area (Å²) < 4.78 is 2.30. The fourth-order valence-electron chi connectivity index (χ4n) is 6.93. The van der Waals surface area contributed by atoms with Gasteiger partial charge in [0.1, 0.15) is 5.65 Å². The van der Waals surface area contributed by atoms with Crippen LogP contribution in [-0.2, 0) is 5.41 Å². The van der Waals surface area contributed by atoms with Crippen LogP contribution in [0.5, 0.6) is 0 Å². The Morgan fingerprint density at radius 2 is 1.27 bits per heavy atom. The van der Waals surface area contributed by atoms with Crippen LogP contribution in [-0.4, -0.2) is 14.4 Å². The first-order valence-corrected chi connectivity index (χ1v) is 13.9. The number of fused-ring (bicyclic) bond motifs is 12. The highest BCUT2D eigenvalue weighted by Gasteiger charge is 2.35. The largest absolute Gasteiger partial charge is 0.292 e. The summed E-state index contributed by atoms with van der Waals surface area (Å²) in [7, 11) is 0. The molecule has 40 heavy (non-hydrogen) atoms. The van der Waals surface area contributed by atoms with Gasteiger partial charge in [-0.3, -0.25) is 4.40 Å². The second kappa shape index (κ2) is 7.55. The van der Waals surface area contributed by atoms with Crippen LogP contribution in [0.15, 0.2) is 115 Å². The third kappa shape index (κ3) is 2.79. The fourth-order valence-corrected chi connectivity index (χ4v) is 6.93. The molecule has 3 heterocycles. The predicted octanol–water partition coefficient (Wildman–Crippen LogP) is 9.32. The number of rotatable bonds is 1. The maximum absolute atomic E-state index is 5.22. The van der Waals surface area contributed by atoms with Gasteiger partial charge in [-0.1, -0.05) is 86.6 Å². The molecule has 0 saturated heterocycles. The Balaban J connectivity index is 1.36. The van der Waals surface area contributed by atoms with Crippen LogP contribution in [0.3, 0.4) is 0 Å². The molecule has 0 amide bonds. The van der Waals surface area contributed by atoms with Crippen LogP contribution in [0.1, 0.15) is 25.0 Å². The van der Waals surface area contributed by atoms with Crippen molar-refractivity contribution in [3.05, 3.63) is 126 Å². The lowest BCUT2D eigenvalue weighted by Crippen LogP contribution is -2.14. The van der Waals surface area contributed by atoms with E-state index in [1.54, 1.807) is 0 Å². The number of para-hydroxylation sites is 3. The highest BCUT2D eigenvalue weighted by atomic mass is 15.0. The number of pyridine rings is 2. The maximum Gasteiger partial charge on any atom is 0.147 e. The third-order valence-electron chi connectivity index (χ3n) is 8.94. The van der Waals surface area contributed by atoms with E-state index < -0.39 is 0 Å². The average Bonchev–Trinajstić information content (AvgIpc) is 3.49. The first-order valence-electron chi connectivity index (χ1n) is 13.9. The van der Waals surface area contributed by atoms with Crippen molar-refractivity contribution < 1.29 is 0 Å². The van der Waals surface area contributed by atoms with Gasteiger partial charge in [0, 0.05) is 21.6 Å². The zero-order valence-electron chi connectivity index (χ0n) is 22.3. The predicted molar refractivity (Wildman–Crippen MR) is 166 cm³/mol. The van der Waals surface area contributed by atoms with Gasteiger partial charge in [0.05, 0.1) is 27.6 Å². The van der Waals surface area contributed by atoms with Gasteiger partial charge in [-0.05, 0) is 75.8 Å². The Hall–Kier alpha value is -5.02. The van der Waals surface area contributed by atoms with E-state index in [-0.39, 0.29) is 5.41 Å². The van der Waals surface area contributed by atoms with Gasteiger partial charge in [0.25, 0.3) is 0 Å². The molecule has 0 fully saturated rings. The summed E-state index contributed by atoms with van der Waals surface area (Å²) in [6.45, 7) is 4.68. The quantitative estimate of drug-likeness (QED) is 0.162. The minimum absolute atomic E-state index is 0.0339. The maximum atomic E-state index is 5.22. The van der Waals surface area contributed by atoms with Gasteiger partial charge in [-0.25, -0.2) is 9.97 Å². The number of nitrogens with zero attached hydrogens (tertiary/aromatic N) is 3. The molecular formula is C37H25N3. The monoisotopic (exact) mass is 511 g/mol. The molecule has 3 nitrogen and oxygen atoms in total. The smallest absolute Gasteiger partial charge is 0.147 e. The molecule has 9 rings (SSSR count). The number of hydrogen-bond acceptors (Lipinski definition) is 2. The molecule has 0 radical (unpaired) electrons. The van der Waals surface area contributed by atoms with Crippen LogP contribution in [0, 0.1) is 0 Å². The molecule has 0 aliphatic heterocycles. The lowest BCUT2D eigenvalue weighted by molar-refractivity contribution is 0.660. The van der Waals surface area contributed by atoms with Crippen molar-refractivity contribution in [2.75, 3.05) is 0 Å². The molecule has 3 heteroatoms. The lowest BCUT2D eigenvalue weighted by Gasteiger charge is -2.22. The minimum Gasteiger partial charge on any atom is -0.292 e. The summed E-state index contributed by atoms with van der Waals surface area (Å²) in [6, 6.07) is 41.6. The molecule has 1 aliphatic carbocycles. The van der Waals surface area contributed by atoms with Crippen molar-refractivity contribution in [1.82, 2.24) is 14.4 Å². The zero-order chi connectivity index (χ0) is 26.6. The standard InChI is InChI=1S/C37H25N3/c1-37(2)29-11-5-4-10-25(29)26-17-15-23(21-30(26)37)22-16-18-33-27(19-22)35-28(20-24-9-3-6-12-31(24)38-35)36-39-32-13-7-8-14-34(32)40(33)36/h3-21H,1-2H3. The normalized spacial score (nSPS) is 13.9. The molecule has 3 aromatic heterocycles. The van der Waals surface area contributed by atoms with E-state index in [0.29, 0.717) is 0 Å². The second-order valence-corrected chi connectivity index (χ2v) is 11.5. The van der Waals surface area contributed by atoms with Crippen molar-refractivity contribution in [2.45, 2.75) is 19.3 Å². The fraction of sp³-hybridized carbons (Fsp3) is 0.0811. The van der Waals surface area contributed by atoms with Gasteiger partial charge in [-0.15, -0.1) is 0 Å². The SMILES string of the molecule is CC1(C)c2ccccc2-c2ccc(-c3ccc4c(c3)c3nc5ccccc5cc3c3nc5ccccc5n43)cc21. The van der Waals surface area contributed by atoms with E-state index in [0.717, 1.165) is 49.4 Å². The van der Waals surface area contributed by atoms with Crippen LogP contribution in [0.2, 0.25) is 0 Å². The highest BCUT2D eigenvalue weighted by Crippen LogP contribution is 2.49. The zero-order valence-corrected chi connectivity index (χ0v) is 22.3. The third-order valence-corrected chi connectivity index (χ3v) is 8.94. The van der Waals surface area contributed by atoms with Crippen molar-refractivity contribution >= 4 is 49.4 Å². The van der Waals surface area contributed by atoms with Gasteiger partial charge in [0.2, 0.25) is 0 Å². The lowest BCUT2D eigenvalue weighted by atomic mass is 9.81. The average molecular weight is 512 g/mol. The van der Waals surface area contributed by atoms with E-state index in [1.165, 1.54) is 33.4 Å². The molecule has 5 aromatic carbocycles. The van der Waals surface area contributed by atoms with Gasteiger partial charge in [0.15, 0.2) is 0 Å². The Bertz CT molecular complexity index is 2360. The van der Waals surface area contributed by atoms with E-state index in [4.69, 9.17) is 9.97 Å². The van der Waals surface area contributed by atoms with Crippen molar-refractivity contribution in [3.8, 4) is 22.3 Å². The number of aromatic nitrogens is 3. The molecule has 0 saturated carbocycles. The minimum atomic E-state index is -0.0339. The molecule has 0 bridgehead atoms. The summed E-state index contributed by atoms with van der Waals surface area (Å²) in [5, 5.41) is 3.34. The number of imidazole rings is 1. The Labute approximate surface area is 231 Å².